The molecule has 1 fully saturated rings. The van der Waals surface area contributed by atoms with Gasteiger partial charge in [0, 0.05) is 24.2 Å². The summed E-state index contributed by atoms with van der Waals surface area (Å²) in [5.74, 6) is -0.113. The molecule has 0 aliphatic heterocycles. The Kier molecular flexibility index (Phi) is 4.75. The number of nitrogens with zero attached hydrogens (tertiary/aromatic N) is 4. The van der Waals surface area contributed by atoms with Gasteiger partial charge in [-0.25, -0.2) is 18.3 Å². The number of amides is 1. The van der Waals surface area contributed by atoms with Gasteiger partial charge in [-0.05, 0) is 46.0 Å². The van der Waals surface area contributed by atoms with Crippen molar-refractivity contribution in [3.8, 4) is 0 Å². The van der Waals surface area contributed by atoms with Gasteiger partial charge in [0.1, 0.15) is 5.69 Å². The van der Waals surface area contributed by atoms with Crippen LogP contribution in [0, 0.1) is 0 Å². The Morgan fingerprint density at radius 1 is 1.42 bits per heavy atom. The molecule has 6 nitrogen and oxygen atoms in total. The summed E-state index contributed by atoms with van der Waals surface area (Å²) < 4.78 is 27.7. The lowest BCUT2D eigenvalue weighted by Crippen LogP contribution is -2.27. The summed E-state index contributed by atoms with van der Waals surface area (Å²) in [5, 5.41) is 6.78. The Balaban J connectivity index is 1.79. The van der Waals surface area contributed by atoms with E-state index in [1.165, 1.54) is 12.1 Å². The fraction of sp³-hybridized carbons (Fsp3) is 0.562. The van der Waals surface area contributed by atoms with Crippen LogP contribution in [0.4, 0.5) is 8.78 Å². The van der Waals surface area contributed by atoms with Gasteiger partial charge in [-0.2, -0.15) is 5.10 Å². The van der Waals surface area contributed by atoms with E-state index >= 15 is 0 Å². The van der Waals surface area contributed by atoms with Gasteiger partial charge >= 0.3 is 0 Å². The van der Waals surface area contributed by atoms with E-state index in [0.29, 0.717) is 17.9 Å². The molecule has 0 radical (unpaired) electrons. The maximum atomic E-state index is 13.3. The lowest BCUT2D eigenvalue weighted by Gasteiger charge is -2.09. The molecule has 130 valence electrons. The number of aromatic nitrogens is 3. The fourth-order valence-corrected chi connectivity index (χ4v) is 2.56. The largest absolute Gasteiger partial charge is 0.351 e. The van der Waals surface area contributed by atoms with Crippen LogP contribution in [0.3, 0.4) is 0 Å². The maximum Gasteiger partial charge on any atom is 0.280 e. The highest BCUT2D eigenvalue weighted by molar-refractivity contribution is 5.93. The van der Waals surface area contributed by atoms with Crippen molar-refractivity contribution in [1.82, 2.24) is 24.8 Å². The van der Waals surface area contributed by atoms with Gasteiger partial charge in [-0.1, -0.05) is 0 Å². The minimum Gasteiger partial charge on any atom is -0.351 e. The zero-order valence-corrected chi connectivity index (χ0v) is 13.8. The number of carbonyl (C=O) groups is 1. The number of fused-ring (bicyclic) bond motifs is 1. The Bertz CT molecular complexity index is 739. The summed E-state index contributed by atoms with van der Waals surface area (Å²) >= 11 is 0. The molecule has 0 unspecified atom stereocenters. The predicted molar refractivity (Wildman–Crippen MR) is 85.4 cm³/mol. The summed E-state index contributed by atoms with van der Waals surface area (Å²) in [4.78, 5) is 18.6. The molecular formula is C16H21F2N5O. The van der Waals surface area contributed by atoms with Gasteiger partial charge in [0.25, 0.3) is 12.3 Å². The minimum absolute atomic E-state index is 0.113. The van der Waals surface area contributed by atoms with Gasteiger partial charge < -0.3 is 10.2 Å². The first-order chi connectivity index (χ1) is 11.5. The monoisotopic (exact) mass is 337 g/mol. The number of carbonyl (C=O) groups excluding carboxylic acids is 1. The van der Waals surface area contributed by atoms with Crippen LogP contribution in [0.25, 0.3) is 5.65 Å². The van der Waals surface area contributed by atoms with Crippen molar-refractivity contribution >= 4 is 11.6 Å². The normalized spacial score (nSPS) is 14.8. The molecule has 1 N–H and O–H groups in total. The van der Waals surface area contributed by atoms with Gasteiger partial charge in [0.05, 0.1) is 0 Å². The van der Waals surface area contributed by atoms with E-state index in [2.05, 4.69) is 15.4 Å². The van der Waals surface area contributed by atoms with Crippen LogP contribution in [0.1, 0.15) is 53.5 Å². The average molecular weight is 337 g/mol. The first-order valence-electron chi connectivity index (χ1n) is 8.07. The number of hydrogen-bond acceptors (Lipinski definition) is 4. The van der Waals surface area contributed by atoms with E-state index < -0.39 is 6.43 Å². The quantitative estimate of drug-likeness (QED) is 0.787. The number of alkyl halides is 2. The molecule has 0 bridgehead atoms. The SMILES string of the molecule is CN(C)CCCNC(=O)c1cc2nc(C3CC3)cc(C(F)F)n2n1. The minimum atomic E-state index is -2.66. The molecule has 8 heteroatoms. The molecule has 2 aromatic heterocycles. The van der Waals surface area contributed by atoms with Crippen LogP contribution in [0.5, 0.6) is 0 Å². The van der Waals surface area contributed by atoms with Crippen molar-refractivity contribution in [2.24, 2.45) is 0 Å². The lowest BCUT2D eigenvalue weighted by atomic mass is 10.2. The van der Waals surface area contributed by atoms with Crippen molar-refractivity contribution in [3.63, 3.8) is 0 Å². The highest BCUT2D eigenvalue weighted by Gasteiger charge is 2.28. The molecule has 24 heavy (non-hydrogen) atoms. The summed E-state index contributed by atoms with van der Waals surface area (Å²) in [6.07, 6.45) is 0.0839. The van der Waals surface area contributed by atoms with Crippen molar-refractivity contribution in [2.75, 3.05) is 27.2 Å². The summed E-state index contributed by atoms with van der Waals surface area (Å²) in [6.45, 7) is 1.36. The third kappa shape index (κ3) is 3.69. The van der Waals surface area contributed by atoms with E-state index in [9.17, 15) is 13.6 Å². The smallest absolute Gasteiger partial charge is 0.280 e. The van der Waals surface area contributed by atoms with Crippen molar-refractivity contribution < 1.29 is 13.6 Å². The second-order valence-electron chi connectivity index (χ2n) is 6.39. The Hall–Kier alpha value is -2.09. The summed E-state index contributed by atoms with van der Waals surface area (Å²) in [5.41, 5.74) is 0.861. The van der Waals surface area contributed by atoms with Crippen LogP contribution in [-0.2, 0) is 0 Å². The maximum absolute atomic E-state index is 13.3. The van der Waals surface area contributed by atoms with Crippen molar-refractivity contribution in [3.05, 3.63) is 29.2 Å². The second-order valence-corrected chi connectivity index (χ2v) is 6.39. The van der Waals surface area contributed by atoms with Gasteiger partial charge in [-0.15, -0.1) is 0 Å². The molecule has 0 aromatic carbocycles. The summed E-state index contributed by atoms with van der Waals surface area (Å²) in [7, 11) is 3.91. The third-order valence-corrected chi connectivity index (χ3v) is 3.99. The topological polar surface area (TPSA) is 62.5 Å². The third-order valence-electron chi connectivity index (χ3n) is 3.99. The number of halogens is 2. The zero-order chi connectivity index (χ0) is 17.3. The predicted octanol–water partition coefficient (Wildman–Crippen LogP) is 2.23. The first kappa shape index (κ1) is 16.8. The molecule has 2 heterocycles. The Morgan fingerprint density at radius 2 is 2.17 bits per heavy atom. The van der Waals surface area contributed by atoms with Crippen LogP contribution in [0.2, 0.25) is 0 Å². The van der Waals surface area contributed by atoms with E-state index in [4.69, 9.17) is 0 Å². The highest BCUT2D eigenvalue weighted by Crippen LogP contribution is 2.40. The molecule has 1 aliphatic carbocycles. The highest BCUT2D eigenvalue weighted by atomic mass is 19.3. The molecule has 2 aromatic rings. The number of hydrogen-bond donors (Lipinski definition) is 1. The van der Waals surface area contributed by atoms with Gasteiger partial charge in [-0.3, -0.25) is 4.79 Å². The molecular weight excluding hydrogens is 316 g/mol. The Morgan fingerprint density at radius 3 is 2.79 bits per heavy atom. The number of rotatable bonds is 7. The molecule has 1 amide bonds. The zero-order valence-electron chi connectivity index (χ0n) is 13.8. The van der Waals surface area contributed by atoms with Crippen LogP contribution < -0.4 is 5.32 Å². The van der Waals surface area contributed by atoms with Crippen molar-refractivity contribution in [2.45, 2.75) is 31.6 Å². The van der Waals surface area contributed by atoms with E-state index in [1.54, 1.807) is 0 Å². The van der Waals surface area contributed by atoms with Crippen LogP contribution in [0.15, 0.2) is 12.1 Å². The molecule has 3 rings (SSSR count). The van der Waals surface area contributed by atoms with Gasteiger partial charge in [0.15, 0.2) is 11.3 Å². The standard InChI is InChI=1S/C16H21F2N5O/c1-22(2)7-3-6-19-16(24)12-9-14-20-11(10-4-5-10)8-13(15(17)18)23(14)21-12/h8-10,15H,3-7H2,1-2H3,(H,19,24). The molecule has 0 atom stereocenters. The Labute approximate surface area is 138 Å². The molecule has 0 saturated heterocycles. The van der Waals surface area contributed by atoms with E-state index in [1.807, 2.05) is 19.0 Å². The van der Waals surface area contributed by atoms with Gasteiger partial charge in [0.2, 0.25) is 0 Å². The molecule has 0 spiro atoms. The summed E-state index contributed by atoms with van der Waals surface area (Å²) in [6, 6.07) is 2.88. The molecule has 1 aliphatic rings. The number of nitrogens with one attached hydrogen (secondary N) is 1. The average Bonchev–Trinajstić information content (AvgIpc) is 3.28. The first-order valence-corrected chi connectivity index (χ1v) is 8.07. The van der Waals surface area contributed by atoms with Crippen LogP contribution in [-0.4, -0.2) is 52.6 Å². The van der Waals surface area contributed by atoms with Crippen LogP contribution >= 0.6 is 0 Å². The van der Waals surface area contributed by atoms with E-state index in [0.717, 1.165) is 30.3 Å². The second kappa shape index (κ2) is 6.80. The van der Waals surface area contributed by atoms with Crippen molar-refractivity contribution in [1.29, 1.82) is 0 Å². The van der Waals surface area contributed by atoms with E-state index in [-0.39, 0.29) is 23.2 Å². The lowest BCUT2D eigenvalue weighted by molar-refractivity contribution is 0.0946. The molecule has 1 saturated carbocycles. The fourth-order valence-electron chi connectivity index (χ4n) is 2.56.